The number of unbranched alkanes of at least 4 members (excludes halogenated alkanes) is 1. The zero-order chi connectivity index (χ0) is 8.74. The average Bonchev–Trinajstić information content (AvgIpc) is 2.05. The maximum atomic E-state index is 3.86. The molecule has 0 saturated carbocycles. The molecule has 0 nitrogen and oxygen atoms in total. The maximum absolute atomic E-state index is 3.86. The van der Waals surface area contributed by atoms with Crippen molar-refractivity contribution in [2.24, 2.45) is 0 Å². The Bertz CT molecular complexity index is 124. The lowest BCUT2D eigenvalue weighted by atomic mass is 10.4. The van der Waals surface area contributed by atoms with Crippen molar-refractivity contribution in [3.05, 3.63) is 24.6 Å². The van der Waals surface area contributed by atoms with E-state index in [1.807, 2.05) is 0 Å². The highest BCUT2D eigenvalue weighted by atomic mass is 79.9. The molecule has 0 aromatic carbocycles. The lowest BCUT2D eigenvalue weighted by Gasteiger charge is -2.17. The van der Waals surface area contributed by atoms with Gasteiger partial charge in [-0.3, -0.25) is 0 Å². The summed E-state index contributed by atoms with van der Waals surface area (Å²) < 4.78 is 0. The summed E-state index contributed by atoms with van der Waals surface area (Å²) in [4.78, 5) is 0. The van der Waals surface area contributed by atoms with E-state index in [0.29, 0.717) is 0 Å². The molecule has 0 heterocycles. The van der Waals surface area contributed by atoms with Crippen LogP contribution >= 0.6 is 15.9 Å². The highest BCUT2D eigenvalue weighted by Gasteiger charge is 2.16. The lowest BCUT2D eigenvalue weighted by Crippen LogP contribution is -2.23. The first-order valence-corrected chi connectivity index (χ1v) is 8.00. The van der Waals surface area contributed by atoms with Gasteiger partial charge in [0.2, 0.25) is 0 Å². The topological polar surface area (TPSA) is 0 Å². The normalized spacial score (nSPS) is 11.1. The summed E-state index contributed by atoms with van der Waals surface area (Å²) in [6, 6.07) is 1.30. The van der Waals surface area contributed by atoms with E-state index in [-0.39, 0.29) is 0 Å². The fourth-order valence-electron chi connectivity index (χ4n) is 0.888. The second kappa shape index (κ2) is 5.78. The second-order valence-corrected chi connectivity index (χ2v) is 8.18. The first kappa shape index (κ1) is 11.2. The minimum Gasteiger partial charge on any atom is -0.107 e. The van der Waals surface area contributed by atoms with Crippen molar-refractivity contribution in [1.29, 1.82) is 0 Å². The van der Waals surface area contributed by atoms with Crippen molar-refractivity contribution in [3.8, 4) is 0 Å². The molecule has 0 radical (unpaired) electrons. The zero-order valence-electron chi connectivity index (χ0n) is 7.28. The van der Waals surface area contributed by atoms with Gasteiger partial charge < -0.3 is 0 Å². The molecule has 0 aromatic heterocycles. The quantitative estimate of drug-likeness (QED) is 0.373. The third-order valence-electron chi connectivity index (χ3n) is 2.03. The minimum atomic E-state index is -1.23. The molecule has 0 atom stereocenters. The summed E-state index contributed by atoms with van der Waals surface area (Å²) in [7, 11) is -1.23. The lowest BCUT2D eigenvalue weighted by molar-refractivity contribution is 0.887. The van der Waals surface area contributed by atoms with Gasteiger partial charge in [-0.1, -0.05) is 46.3 Å². The standard InChI is InChI=1S/C9H17BrSi/c1-4-11(3,5-2)9-7-6-8-10/h4-5H,1-2,6-9H2,3H3. The number of hydrogen-bond donors (Lipinski definition) is 0. The first-order valence-electron chi connectivity index (χ1n) is 4.01. The third-order valence-corrected chi connectivity index (χ3v) is 5.89. The van der Waals surface area contributed by atoms with Crippen LogP contribution in [0.25, 0.3) is 0 Å². The van der Waals surface area contributed by atoms with Gasteiger partial charge >= 0.3 is 0 Å². The molecule has 11 heavy (non-hydrogen) atoms. The van der Waals surface area contributed by atoms with Crippen LogP contribution in [-0.4, -0.2) is 13.4 Å². The fourth-order valence-corrected chi connectivity index (χ4v) is 2.87. The van der Waals surface area contributed by atoms with Gasteiger partial charge in [0.05, 0.1) is 8.07 Å². The monoisotopic (exact) mass is 232 g/mol. The molecule has 0 unspecified atom stereocenters. The van der Waals surface area contributed by atoms with Crippen LogP contribution in [0.1, 0.15) is 12.8 Å². The van der Waals surface area contributed by atoms with E-state index < -0.39 is 8.07 Å². The van der Waals surface area contributed by atoms with Gasteiger partial charge in [0, 0.05) is 5.33 Å². The molecule has 0 aliphatic rings. The molecule has 0 fully saturated rings. The van der Waals surface area contributed by atoms with E-state index in [9.17, 15) is 0 Å². The number of alkyl halides is 1. The molecule has 2 heteroatoms. The van der Waals surface area contributed by atoms with Crippen LogP contribution in [0.3, 0.4) is 0 Å². The first-order chi connectivity index (χ1) is 5.18. The highest BCUT2D eigenvalue weighted by molar-refractivity contribution is 9.09. The van der Waals surface area contributed by atoms with Crippen LogP contribution in [0.5, 0.6) is 0 Å². The molecule has 0 N–H and O–H groups in total. The van der Waals surface area contributed by atoms with Crippen molar-refractivity contribution >= 4 is 24.0 Å². The molecule has 0 bridgehead atoms. The second-order valence-electron chi connectivity index (χ2n) is 3.06. The van der Waals surface area contributed by atoms with Crippen molar-refractivity contribution < 1.29 is 0 Å². The summed E-state index contributed by atoms with van der Waals surface area (Å²) in [6.07, 6.45) is 2.57. The Morgan fingerprint density at radius 3 is 2.18 bits per heavy atom. The summed E-state index contributed by atoms with van der Waals surface area (Å²) in [5, 5.41) is 1.12. The molecule has 0 aliphatic heterocycles. The number of rotatable bonds is 6. The number of halogens is 1. The Morgan fingerprint density at radius 2 is 1.82 bits per heavy atom. The maximum Gasteiger partial charge on any atom is 0.0973 e. The average molecular weight is 233 g/mol. The summed E-state index contributed by atoms with van der Waals surface area (Å²) in [6.45, 7) is 10.0. The smallest absolute Gasteiger partial charge is 0.0973 e. The van der Waals surface area contributed by atoms with E-state index in [1.54, 1.807) is 0 Å². The Balaban J connectivity index is 3.69. The van der Waals surface area contributed by atoms with Gasteiger partial charge in [-0.25, -0.2) is 0 Å². The van der Waals surface area contributed by atoms with Crippen LogP contribution in [-0.2, 0) is 0 Å². The van der Waals surface area contributed by atoms with E-state index >= 15 is 0 Å². The summed E-state index contributed by atoms with van der Waals surface area (Å²) in [5.74, 6) is 0. The van der Waals surface area contributed by atoms with Crippen molar-refractivity contribution in [2.45, 2.75) is 25.4 Å². The molecular weight excluding hydrogens is 216 g/mol. The van der Waals surface area contributed by atoms with Crippen molar-refractivity contribution in [3.63, 3.8) is 0 Å². The molecule has 0 saturated heterocycles. The summed E-state index contributed by atoms with van der Waals surface area (Å²) in [5.41, 5.74) is 4.24. The molecule has 0 rings (SSSR count). The Kier molecular flexibility index (Phi) is 5.87. The van der Waals surface area contributed by atoms with Gasteiger partial charge in [0.1, 0.15) is 0 Å². The van der Waals surface area contributed by atoms with E-state index in [1.165, 1.54) is 18.9 Å². The SMILES string of the molecule is C=C[Si](C)(C=C)CCCCBr. The minimum absolute atomic E-state index is 1.12. The zero-order valence-corrected chi connectivity index (χ0v) is 9.86. The van der Waals surface area contributed by atoms with E-state index in [0.717, 1.165) is 5.33 Å². The summed E-state index contributed by atoms with van der Waals surface area (Å²) >= 11 is 3.42. The Morgan fingerprint density at radius 1 is 1.27 bits per heavy atom. The van der Waals surface area contributed by atoms with Gasteiger partial charge in [0.25, 0.3) is 0 Å². The predicted molar refractivity (Wildman–Crippen MR) is 59.8 cm³/mol. The van der Waals surface area contributed by atoms with Crippen LogP contribution in [0, 0.1) is 0 Å². The van der Waals surface area contributed by atoms with E-state index in [4.69, 9.17) is 0 Å². The Hall–Kier alpha value is 0.177. The van der Waals surface area contributed by atoms with Crippen molar-refractivity contribution in [1.82, 2.24) is 0 Å². The van der Waals surface area contributed by atoms with Gasteiger partial charge in [0.15, 0.2) is 0 Å². The van der Waals surface area contributed by atoms with Crippen LogP contribution in [0.4, 0.5) is 0 Å². The molecule has 0 spiro atoms. The van der Waals surface area contributed by atoms with Gasteiger partial charge in [-0.05, 0) is 6.42 Å². The largest absolute Gasteiger partial charge is 0.107 e. The molecule has 0 aliphatic carbocycles. The highest BCUT2D eigenvalue weighted by Crippen LogP contribution is 2.16. The molecular formula is C9H17BrSi. The van der Waals surface area contributed by atoms with Crippen LogP contribution in [0.15, 0.2) is 24.6 Å². The third kappa shape index (κ3) is 4.59. The number of hydrogen-bond acceptors (Lipinski definition) is 0. The van der Waals surface area contributed by atoms with Crippen LogP contribution < -0.4 is 0 Å². The van der Waals surface area contributed by atoms with Gasteiger partial charge in [-0.2, -0.15) is 0 Å². The van der Waals surface area contributed by atoms with Crippen molar-refractivity contribution in [2.75, 3.05) is 5.33 Å². The molecule has 0 amide bonds. The molecule has 0 aromatic rings. The van der Waals surface area contributed by atoms with Gasteiger partial charge in [-0.15, -0.1) is 13.2 Å². The molecule has 64 valence electrons. The Labute approximate surface area is 79.5 Å². The predicted octanol–water partition coefficient (Wildman–Crippen LogP) is 3.69. The fraction of sp³-hybridized carbons (Fsp3) is 0.556. The van der Waals surface area contributed by atoms with Crippen LogP contribution in [0.2, 0.25) is 12.6 Å². The van der Waals surface area contributed by atoms with E-state index in [2.05, 4.69) is 47.0 Å².